The van der Waals surface area contributed by atoms with Crippen LogP contribution in [0.5, 0.6) is 0 Å². The Bertz CT molecular complexity index is 909. The van der Waals surface area contributed by atoms with Crippen LogP contribution >= 0.6 is 34.8 Å². The van der Waals surface area contributed by atoms with Crippen molar-refractivity contribution in [3.05, 3.63) is 75.7 Å². The van der Waals surface area contributed by atoms with Gasteiger partial charge in [0.15, 0.2) is 0 Å². The summed E-state index contributed by atoms with van der Waals surface area (Å²) >= 11 is 18.4. The normalized spacial score (nSPS) is 10.5. The Morgan fingerprint density at radius 3 is 2.08 bits per heavy atom. The molecule has 126 valence electrons. The van der Waals surface area contributed by atoms with E-state index in [1.165, 1.54) is 4.90 Å². The number of carbonyl (C=O) groups excluding carboxylic acids is 1. The Hall–Kier alpha value is -2.27. The topological polar surface area (TPSA) is 59.2 Å². The predicted molar refractivity (Wildman–Crippen MR) is 103 cm³/mol. The molecule has 4 nitrogen and oxygen atoms in total. The van der Waals surface area contributed by atoms with E-state index in [0.29, 0.717) is 32.3 Å². The molecule has 0 spiro atoms. The number of nitrogens with zero attached hydrogens (tertiary/aromatic N) is 2. The fourth-order valence-corrected chi connectivity index (χ4v) is 3.06. The molecule has 0 aliphatic heterocycles. The molecule has 0 unspecified atom stereocenters. The number of urea groups is 1. The Morgan fingerprint density at radius 1 is 0.880 bits per heavy atom. The van der Waals surface area contributed by atoms with Crippen molar-refractivity contribution >= 4 is 52.3 Å². The second-order valence-electron chi connectivity index (χ2n) is 5.13. The van der Waals surface area contributed by atoms with Gasteiger partial charge in [-0.15, -0.1) is 0 Å². The molecule has 0 fully saturated rings. The zero-order chi connectivity index (χ0) is 18.0. The van der Waals surface area contributed by atoms with Gasteiger partial charge in [0, 0.05) is 10.6 Å². The van der Waals surface area contributed by atoms with Crippen LogP contribution in [0.1, 0.15) is 0 Å². The van der Waals surface area contributed by atoms with Crippen molar-refractivity contribution < 1.29 is 4.79 Å². The summed E-state index contributed by atoms with van der Waals surface area (Å²) in [6.07, 6.45) is 0. The third-order valence-corrected chi connectivity index (χ3v) is 4.35. The maximum absolute atomic E-state index is 12.1. The van der Waals surface area contributed by atoms with E-state index in [1.807, 2.05) is 18.2 Å². The van der Waals surface area contributed by atoms with Gasteiger partial charge in [0.25, 0.3) is 0 Å². The van der Waals surface area contributed by atoms with Crippen LogP contribution in [0.15, 0.2) is 60.7 Å². The van der Waals surface area contributed by atoms with Crippen LogP contribution in [-0.2, 0) is 0 Å². The van der Waals surface area contributed by atoms with Crippen molar-refractivity contribution in [2.45, 2.75) is 0 Å². The molecule has 0 bridgehead atoms. The molecule has 0 saturated heterocycles. The minimum absolute atomic E-state index is 0.291. The summed E-state index contributed by atoms with van der Waals surface area (Å²) in [7, 11) is 0. The number of hydrogen-bond acceptors (Lipinski definition) is 2. The number of primary amides is 1. The van der Waals surface area contributed by atoms with E-state index in [9.17, 15) is 4.79 Å². The number of hydrogen-bond donors (Lipinski definition) is 1. The molecule has 1 aromatic heterocycles. The zero-order valence-electron chi connectivity index (χ0n) is 12.8. The van der Waals surface area contributed by atoms with E-state index in [1.54, 1.807) is 42.5 Å². The first kappa shape index (κ1) is 17.5. The monoisotopic (exact) mass is 391 g/mol. The molecule has 0 saturated carbocycles. The van der Waals surface area contributed by atoms with Crippen LogP contribution in [0.25, 0.3) is 11.3 Å². The van der Waals surface area contributed by atoms with Gasteiger partial charge >= 0.3 is 6.03 Å². The maximum atomic E-state index is 12.1. The number of benzene rings is 2. The predicted octanol–water partition coefficient (Wildman–Crippen LogP) is 5.93. The van der Waals surface area contributed by atoms with E-state index < -0.39 is 6.03 Å². The summed E-state index contributed by atoms with van der Waals surface area (Å²) in [5.74, 6) is 0.315. The Balaban J connectivity index is 2.11. The highest BCUT2D eigenvalue weighted by atomic mass is 35.5. The van der Waals surface area contributed by atoms with Gasteiger partial charge in [0.05, 0.1) is 21.4 Å². The fourth-order valence-electron chi connectivity index (χ4n) is 2.37. The standard InChI is InChI=1S/C18H12Cl3N3O/c19-12-9-7-11(8-10-12)15-5-2-6-16(23-15)24(18(22)25)17-13(20)3-1-4-14(17)21/h1-10H,(H2,22,25). The van der Waals surface area contributed by atoms with Gasteiger partial charge in [0.2, 0.25) is 0 Å². The molecule has 3 rings (SSSR count). The van der Waals surface area contributed by atoms with E-state index in [-0.39, 0.29) is 0 Å². The zero-order valence-corrected chi connectivity index (χ0v) is 15.1. The average Bonchev–Trinajstić information content (AvgIpc) is 2.58. The lowest BCUT2D eigenvalue weighted by Crippen LogP contribution is -2.32. The number of nitrogens with two attached hydrogens (primary N) is 1. The van der Waals surface area contributed by atoms with Gasteiger partial charge < -0.3 is 5.73 Å². The average molecular weight is 393 g/mol. The molecule has 2 N–H and O–H groups in total. The first-order valence-corrected chi connectivity index (χ1v) is 8.37. The Kier molecular flexibility index (Phi) is 5.13. The molecular formula is C18H12Cl3N3O. The van der Waals surface area contributed by atoms with E-state index in [0.717, 1.165) is 5.56 Å². The van der Waals surface area contributed by atoms with Crippen LogP contribution in [-0.4, -0.2) is 11.0 Å². The molecule has 2 aromatic carbocycles. The number of aromatic nitrogens is 1. The minimum atomic E-state index is -0.740. The highest BCUT2D eigenvalue weighted by molar-refractivity contribution is 6.40. The van der Waals surface area contributed by atoms with Crippen LogP contribution in [0.2, 0.25) is 15.1 Å². The maximum Gasteiger partial charge on any atom is 0.325 e. The van der Waals surface area contributed by atoms with Gasteiger partial charge in [-0.25, -0.2) is 14.7 Å². The second-order valence-corrected chi connectivity index (χ2v) is 6.38. The largest absolute Gasteiger partial charge is 0.351 e. The molecule has 25 heavy (non-hydrogen) atoms. The first-order chi connectivity index (χ1) is 12.0. The summed E-state index contributed by atoms with van der Waals surface area (Å²) in [6, 6.07) is 16.7. The summed E-state index contributed by atoms with van der Waals surface area (Å²) < 4.78 is 0. The van der Waals surface area contributed by atoms with E-state index >= 15 is 0 Å². The molecule has 0 radical (unpaired) electrons. The lowest BCUT2D eigenvalue weighted by atomic mass is 10.1. The molecular weight excluding hydrogens is 381 g/mol. The quantitative estimate of drug-likeness (QED) is 0.601. The lowest BCUT2D eigenvalue weighted by molar-refractivity contribution is 0.256. The molecule has 7 heteroatoms. The number of halogens is 3. The molecule has 3 aromatic rings. The third-order valence-electron chi connectivity index (χ3n) is 3.49. The molecule has 1 heterocycles. The molecule has 2 amide bonds. The Morgan fingerprint density at radius 2 is 1.48 bits per heavy atom. The number of anilines is 2. The Labute approximate surface area is 159 Å². The van der Waals surface area contributed by atoms with Gasteiger partial charge in [-0.1, -0.05) is 59.1 Å². The van der Waals surface area contributed by atoms with Crippen molar-refractivity contribution in [2.75, 3.05) is 4.90 Å². The first-order valence-electron chi connectivity index (χ1n) is 7.24. The molecule has 0 aliphatic rings. The van der Waals surface area contributed by atoms with Crippen molar-refractivity contribution in [1.82, 2.24) is 4.98 Å². The summed E-state index contributed by atoms with van der Waals surface area (Å²) in [5.41, 5.74) is 7.35. The van der Waals surface area contributed by atoms with Crippen LogP contribution in [0, 0.1) is 0 Å². The lowest BCUT2D eigenvalue weighted by Gasteiger charge is -2.22. The van der Waals surface area contributed by atoms with Crippen molar-refractivity contribution in [3.63, 3.8) is 0 Å². The van der Waals surface area contributed by atoms with E-state index in [4.69, 9.17) is 40.5 Å². The molecule has 0 aliphatic carbocycles. The van der Waals surface area contributed by atoms with Gasteiger partial charge in [-0.3, -0.25) is 0 Å². The minimum Gasteiger partial charge on any atom is -0.351 e. The number of pyridine rings is 1. The number of rotatable bonds is 3. The number of carbonyl (C=O) groups is 1. The highest BCUT2D eigenvalue weighted by Gasteiger charge is 2.22. The number of amides is 2. The van der Waals surface area contributed by atoms with Crippen LogP contribution < -0.4 is 10.6 Å². The number of para-hydroxylation sites is 1. The SMILES string of the molecule is NC(=O)N(c1cccc(-c2ccc(Cl)cc2)n1)c1c(Cl)cccc1Cl. The fraction of sp³-hybridized carbons (Fsp3) is 0. The smallest absolute Gasteiger partial charge is 0.325 e. The van der Waals surface area contributed by atoms with Crippen LogP contribution in [0.3, 0.4) is 0 Å². The van der Waals surface area contributed by atoms with E-state index in [2.05, 4.69) is 4.98 Å². The van der Waals surface area contributed by atoms with Crippen LogP contribution in [0.4, 0.5) is 16.3 Å². The summed E-state index contributed by atoms with van der Waals surface area (Å²) in [6.45, 7) is 0. The summed E-state index contributed by atoms with van der Waals surface area (Å²) in [5, 5.41) is 1.22. The van der Waals surface area contributed by atoms with Gasteiger partial charge in [-0.2, -0.15) is 0 Å². The summed E-state index contributed by atoms with van der Waals surface area (Å²) in [4.78, 5) is 17.8. The van der Waals surface area contributed by atoms with Gasteiger partial charge in [-0.05, 0) is 36.4 Å². The van der Waals surface area contributed by atoms with Crippen molar-refractivity contribution in [3.8, 4) is 11.3 Å². The van der Waals surface area contributed by atoms with Crippen molar-refractivity contribution in [2.24, 2.45) is 5.73 Å². The highest BCUT2D eigenvalue weighted by Crippen LogP contribution is 2.37. The van der Waals surface area contributed by atoms with Gasteiger partial charge in [0.1, 0.15) is 5.82 Å². The van der Waals surface area contributed by atoms with Crippen molar-refractivity contribution in [1.29, 1.82) is 0 Å². The second kappa shape index (κ2) is 7.31. The molecule has 0 atom stereocenters. The third kappa shape index (κ3) is 3.71.